The number of aliphatic carboxylic acids is 1. The van der Waals surface area contributed by atoms with Crippen molar-refractivity contribution in [2.75, 3.05) is 31.1 Å². The van der Waals surface area contributed by atoms with Gasteiger partial charge in [0.2, 0.25) is 11.8 Å². The molecule has 1 aliphatic heterocycles. The molecule has 0 bridgehead atoms. The van der Waals surface area contributed by atoms with Gasteiger partial charge < -0.3 is 25.0 Å². The Balaban J connectivity index is 1.94. The molecule has 1 heterocycles. The average Bonchev–Trinajstić information content (AvgIpc) is 3.09. The van der Waals surface area contributed by atoms with Crippen LogP contribution < -0.4 is 15.0 Å². The SMILES string of the molecule is CC(=O)NCCN(C(=O)COc1ccc(N2CCCC2=O)cc1)C(C)C(=O)O. The van der Waals surface area contributed by atoms with Crippen LogP contribution >= 0.6 is 0 Å². The number of ether oxygens (including phenoxy) is 1. The number of amides is 3. The summed E-state index contributed by atoms with van der Waals surface area (Å²) in [7, 11) is 0. The van der Waals surface area contributed by atoms with Crippen molar-refractivity contribution >= 4 is 29.4 Å². The molecule has 9 heteroatoms. The Labute approximate surface area is 163 Å². The van der Waals surface area contributed by atoms with E-state index >= 15 is 0 Å². The lowest BCUT2D eigenvalue weighted by Gasteiger charge is -2.26. The van der Waals surface area contributed by atoms with E-state index in [4.69, 9.17) is 4.74 Å². The van der Waals surface area contributed by atoms with Crippen LogP contribution in [0.1, 0.15) is 26.7 Å². The number of rotatable bonds is 9. The smallest absolute Gasteiger partial charge is 0.326 e. The molecule has 1 aromatic carbocycles. The third-order valence-corrected chi connectivity index (χ3v) is 4.46. The molecule has 28 heavy (non-hydrogen) atoms. The number of anilines is 1. The van der Waals surface area contributed by atoms with Crippen LogP contribution in [-0.4, -0.2) is 66.0 Å². The normalized spacial score (nSPS) is 14.5. The lowest BCUT2D eigenvalue weighted by Crippen LogP contribution is -2.48. The van der Waals surface area contributed by atoms with Crippen LogP contribution in [0.2, 0.25) is 0 Å². The highest BCUT2D eigenvalue weighted by molar-refractivity contribution is 5.95. The zero-order valence-electron chi connectivity index (χ0n) is 16.0. The summed E-state index contributed by atoms with van der Waals surface area (Å²) < 4.78 is 5.48. The van der Waals surface area contributed by atoms with Crippen molar-refractivity contribution < 1.29 is 29.0 Å². The van der Waals surface area contributed by atoms with Gasteiger partial charge in [-0.2, -0.15) is 0 Å². The lowest BCUT2D eigenvalue weighted by molar-refractivity contribution is -0.150. The van der Waals surface area contributed by atoms with Gasteiger partial charge in [0.15, 0.2) is 6.61 Å². The topological polar surface area (TPSA) is 116 Å². The fourth-order valence-corrected chi connectivity index (χ4v) is 2.89. The van der Waals surface area contributed by atoms with Gasteiger partial charge in [0, 0.05) is 38.7 Å². The number of nitrogens with one attached hydrogen (secondary N) is 1. The molecule has 9 nitrogen and oxygen atoms in total. The quantitative estimate of drug-likeness (QED) is 0.638. The molecular formula is C19H25N3O6. The molecule has 0 radical (unpaired) electrons. The van der Waals surface area contributed by atoms with Crippen molar-refractivity contribution in [3.05, 3.63) is 24.3 Å². The van der Waals surface area contributed by atoms with Gasteiger partial charge in [-0.15, -0.1) is 0 Å². The predicted octanol–water partition coefficient (Wildman–Crippen LogP) is 0.630. The van der Waals surface area contributed by atoms with Crippen LogP contribution in [0.25, 0.3) is 0 Å². The molecule has 0 spiro atoms. The summed E-state index contributed by atoms with van der Waals surface area (Å²) in [5, 5.41) is 11.7. The molecule has 3 amide bonds. The molecule has 2 N–H and O–H groups in total. The van der Waals surface area contributed by atoms with Gasteiger partial charge in [0.1, 0.15) is 11.8 Å². The highest BCUT2D eigenvalue weighted by Crippen LogP contribution is 2.23. The summed E-state index contributed by atoms with van der Waals surface area (Å²) >= 11 is 0. The Bertz CT molecular complexity index is 734. The number of hydrogen-bond donors (Lipinski definition) is 2. The first kappa shape index (κ1) is 21.2. The van der Waals surface area contributed by atoms with E-state index < -0.39 is 17.9 Å². The molecule has 0 aromatic heterocycles. The Morgan fingerprint density at radius 1 is 1.29 bits per heavy atom. The third-order valence-electron chi connectivity index (χ3n) is 4.46. The zero-order chi connectivity index (χ0) is 20.7. The van der Waals surface area contributed by atoms with Gasteiger partial charge in [0.25, 0.3) is 5.91 Å². The highest BCUT2D eigenvalue weighted by Gasteiger charge is 2.26. The number of benzene rings is 1. The van der Waals surface area contributed by atoms with Crippen LogP contribution in [0, 0.1) is 0 Å². The Morgan fingerprint density at radius 3 is 2.50 bits per heavy atom. The Morgan fingerprint density at radius 2 is 1.96 bits per heavy atom. The second-order valence-electron chi connectivity index (χ2n) is 6.52. The first-order chi connectivity index (χ1) is 13.3. The first-order valence-electron chi connectivity index (χ1n) is 9.09. The van der Waals surface area contributed by atoms with E-state index in [1.807, 2.05) is 0 Å². The fraction of sp³-hybridized carbons (Fsp3) is 0.474. The highest BCUT2D eigenvalue weighted by atomic mass is 16.5. The summed E-state index contributed by atoms with van der Waals surface area (Å²) in [5.41, 5.74) is 0.776. The second-order valence-corrected chi connectivity index (χ2v) is 6.52. The van der Waals surface area contributed by atoms with Crippen molar-refractivity contribution in [1.82, 2.24) is 10.2 Å². The first-order valence-corrected chi connectivity index (χ1v) is 9.09. The number of carboxylic acid groups (broad SMARTS) is 1. The van der Waals surface area contributed by atoms with E-state index in [1.54, 1.807) is 29.2 Å². The summed E-state index contributed by atoms with van der Waals surface area (Å²) in [6.07, 6.45) is 1.38. The van der Waals surface area contributed by atoms with Crippen molar-refractivity contribution in [2.45, 2.75) is 32.7 Å². The molecule has 2 rings (SSSR count). The van der Waals surface area contributed by atoms with Crippen LogP contribution in [0.4, 0.5) is 5.69 Å². The van der Waals surface area contributed by atoms with E-state index in [0.29, 0.717) is 18.7 Å². The predicted molar refractivity (Wildman–Crippen MR) is 101 cm³/mol. The summed E-state index contributed by atoms with van der Waals surface area (Å²) in [4.78, 5) is 49.3. The monoisotopic (exact) mass is 391 g/mol. The molecule has 152 valence electrons. The van der Waals surface area contributed by atoms with Crippen LogP contribution in [0.15, 0.2) is 24.3 Å². The maximum Gasteiger partial charge on any atom is 0.326 e. The third kappa shape index (κ3) is 5.70. The summed E-state index contributed by atoms with van der Waals surface area (Å²) in [6, 6.07) is 5.77. The van der Waals surface area contributed by atoms with Gasteiger partial charge in [-0.05, 0) is 37.6 Å². The maximum absolute atomic E-state index is 12.4. The summed E-state index contributed by atoms with van der Waals surface area (Å²) in [6.45, 7) is 3.31. The van der Waals surface area contributed by atoms with Crippen LogP contribution in [-0.2, 0) is 19.2 Å². The van der Waals surface area contributed by atoms with E-state index in [0.717, 1.165) is 17.0 Å². The van der Waals surface area contributed by atoms with Crippen molar-refractivity contribution in [3.8, 4) is 5.75 Å². The van der Waals surface area contributed by atoms with Crippen molar-refractivity contribution in [3.63, 3.8) is 0 Å². The zero-order valence-corrected chi connectivity index (χ0v) is 16.0. The van der Waals surface area contributed by atoms with Crippen LogP contribution in [0.3, 0.4) is 0 Å². The maximum atomic E-state index is 12.4. The lowest BCUT2D eigenvalue weighted by atomic mass is 10.2. The molecule has 1 unspecified atom stereocenters. The van der Waals surface area contributed by atoms with Gasteiger partial charge >= 0.3 is 5.97 Å². The molecule has 1 fully saturated rings. The standard InChI is InChI=1S/C19H25N3O6/c1-13(19(26)27)21(11-9-20-14(2)23)18(25)12-28-16-7-5-15(6-8-16)22-10-3-4-17(22)24/h5-8,13H,3-4,9-12H2,1-2H3,(H,20,23)(H,26,27). The van der Waals surface area contributed by atoms with Crippen molar-refractivity contribution in [2.24, 2.45) is 0 Å². The van der Waals surface area contributed by atoms with Crippen LogP contribution in [0.5, 0.6) is 5.75 Å². The van der Waals surface area contributed by atoms with E-state index in [1.165, 1.54) is 13.8 Å². The molecule has 1 saturated heterocycles. The number of carboxylic acids is 1. The Hall–Kier alpha value is -3.10. The van der Waals surface area contributed by atoms with Crippen molar-refractivity contribution in [1.29, 1.82) is 0 Å². The number of nitrogens with zero attached hydrogens (tertiary/aromatic N) is 2. The number of carbonyl (C=O) groups is 4. The van der Waals surface area contributed by atoms with Gasteiger partial charge in [-0.1, -0.05) is 0 Å². The molecule has 1 aromatic rings. The van der Waals surface area contributed by atoms with Gasteiger partial charge in [0.05, 0.1) is 0 Å². The largest absolute Gasteiger partial charge is 0.484 e. The number of carbonyl (C=O) groups excluding carboxylic acids is 3. The average molecular weight is 391 g/mol. The minimum Gasteiger partial charge on any atom is -0.484 e. The minimum absolute atomic E-state index is 0.0608. The molecular weight excluding hydrogens is 366 g/mol. The number of hydrogen-bond acceptors (Lipinski definition) is 5. The summed E-state index contributed by atoms with van der Waals surface area (Å²) in [5.74, 6) is -1.38. The van der Waals surface area contributed by atoms with Gasteiger partial charge in [-0.25, -0.2) is 4.79 Å². The van der Waals surface area contributed by atoms with E-state index in [-0.39, 0.29) is 31.5 Å². The van der Waals surface area contributed by atoms with E-state index in [2.05, 4.69) is 5.32 Å². The Kier molecular flexibility index (Phi) is 7.36. The van der Waals surface area contributed by atoms with E-state index in [9.17, 15) is 24.3 Å². The molecule has 0 saturated carbocycles. The fourth-order valence-electron chi connectivity index (χ4n) is 2.89. The minimum atomic E-state index is -1.14. The van der Waals surface area contributed by atoms with Gasteiger partial charge in [-0.3, -0.25) is 14.4 Å². The second kappa shape index (κ2) is 9.72. The molecule has 0 aliphatic carbocycles. The molecule has 1 atom stereocenters. The molecule has 1 aliphatic rings.